The molecule has 2 nitrogen and oxygen atoms in total. The Kier molecular flexibility index (Phi) is 5.56. The summed E-state index contributed by atoms with van der Waals surface area (Å²) in [5.74, 6) is 0. The number of halogens is 1. The molecule has 0 radical (unpaired) electrons. The van der Waals surface area contributed by atoms with Gasteiger partial charge in [0.1, 0.15) is 0 Å². The van der Waals surface area contributed by atoms with Crippen LogP contribution in [-0.2, 0) is 6.54 Å². The first-order valence-corrected chi connectivity index (χ1v) is 8.65. The first kappa shape index (κ1) is 16.6. The molecular weight excluding hydrogens is 280 g/mol. The van der Waals surface area contributed by atoms with Gasteiger partial charge in [0.15, 0.2) is 0 Å². The predicted octanol–water partition coefficient (Wildman–Crippen LogP) is 4.85. The molecule has 21 heavy (non-hydrogen) atoms. The molecule has 1 fully saturated rings. The largest absolute Gasteiger partial charge is 0.371 e. The number of nitrogens with one attached hydrogen (secondary N) is 1. The predicted molar refractivity (Wildman–Crippen MR) is 93.3 cm³/mol. The quantitative estimate of drug-likeness (QED) is 0.807. The molecule has 3 heteroatoms. The molecule has 1 aromatic carbocycles. The van der Waals surface area contributed by atoms with E-state index in [-0.39, 0.29) is 0 Å². The van der Waals surface area contributed by atoms with Crippen molar-refractivity contribution in [1.29, 1.82) is 0 Å². The van der Waals surface area contributed by atoms with Gasteiger partial charge in [-0.25, -0.2) is 0 Å². The lowest BCUT2D eigenvalue weighted by Gasteiger charge is -2.28. The fourth-order valence-electron chi connectivity index (χ4n) is 3.29. The molecule has 1 aliphatic rings. The highest BCUT2D eigenvalue weighted by molar-refractivity contribution is 6.31. The Hall–Kier alpha value is -0.730. The summed E-state index contributed by atoms with van der Waals surface area (Å²) in [6.45, 7) is 12.1. The van der Waals surface area contributed by atoms with Crippen molar-refractivity contribution in [2.45, 2.75) is 59.5 Å². The lowest BCUT2D eigenvalue weighted by atomic mass is 9.82. The Morgan fingerprint density at radius 1 is 1.29 bits per heavy atom. The van der Waals surface area contributed by atoms with Crippen LogP contribution in [0.1, 0.15) is 52.5 Å². The number of rotatable bonds is 6. The van der Waals surface area contributed by atoms with Crippen molar-refractivity contribution in [2.75, 3.05) is 18.0 Å². The van der Waals surface area contributed by atoms with Crippen LogP contribution in [0.5, 0.6) is 0 Å². The van der Waals surface area contributed by atoms with E-state index in [9.17, 15) is 0 Å². The van der Waals surface area contributed by atoms with Crippen molar-refractivity contribution in [2.24, 2.45) is 5.41 Å². The Morgan fingerprint density at radius 2 is 2.00 bits per heavy atom. The fourth-order valence-corrected chi connectivity index (χ4v) is 3.53. The zero-order valence-electron chi connectivity index (χ0n) is 13.9. The summed E-state index contributed by atoms with van der Waals surface area (Å²) in [5, 5.41) is 4.38. The Labute approximate surface area is 134 Å². The van der Waals surface area contributed by atoms with E-state index in [0.717, 1.165) is 24.7 Å². The normalized spacial score (nSPS) is 17.7. The van der Waals surface area contributed by atoms with Crippen molar-refractivity contribution in [3.63, 3.8) is 0 Å². The molecule has 0 bridgehead atoms. The maximum Gasteiger partial charge on any atom is 0.0471 e. The highest BCUT2D eigenvalue weighted by Crippen LogP contribution is 2.40. The van der Waals surface area contributed by atoms with Crippen molar-refractivity contribution in [3.05, 3.63) is 28.8 Å². The fraction of sp³-hybridized carbons (Fsp3) is 0.667. The summed E-state index contributed by atoms with van der Waals surface area (Å²) in [5.41, 5.74) is 3.06. The van der Waals surface area contributed by atoms with Crippen molar-refractivity contribution in [1.82, 2.24) is 5.32 Å². The molecule has 1 aromatic rings. The summed E-state index contributed by atoms with van der Waals surface area (Å²) < 4.78 is 0. The number of benzene rings is 1. The van der Waals surface area contributed by atoms with Crippen LogP contribution < -0.4 is 10.2 Å². The molecule has 1 N–H and O–H groups in total. The highest BCUT2D eigenvalue weighted by Gasteiger charge is 2.35. The van der Waals surface area contributed by atoms with Gasteiger partial charge in [-0.3, -0.25) is 0 Å². The average Bonchev–Trinajstić information content (AvgIpc) is 2.90. The molecule has 0 amide bonds. The molecule has 2 rings (SSSR count). The van der Waals surface area contributed by atoms with E-state index in [2.05, 4.69) is 50.0 Å². The van der Waals surface area contributed by atoms with Gasteiger partial charge >= 0.3 is 0 Å². The van der Waals surface area contributed by atoms with Gasteiger partial charge in [-0.15, -0.1) is 0 Å². The van der Waals surface area contributed by atoms with Crippen molar-refractivity contribution >= 4 is 17.3 Å². The maximum absolute atomic E-state index is 6.46. The first-order valence-electron chi connectivity index (χ1n) is 8.27. The minimum absolute atomic E-state index is 0.470. The third-order valence-corrected chi connectivity index (χ3v) is 5.41. The zero-order valence-corrected chi connectivity index (χ0v) is 14.6. The van der Waals surface area contributed by atoms with Crippen LogP contribution in [-0.4, -0.2) is 19.1 Å². The zero-order chi connectivity index (χ0) is 15.5. The van der Waals surface area contributed by atoms with Gasteiger partial charge in [0, 0.05) is 41.9 Å². The molecule has 0 aliphatic carbocycles. The number of hydrogen-bond acceptors (Lipinski definition) is 2. The summed E-state index contributed by atoms with van der Waals surface area (Å²) in [4.78, 5) is 2.54. The van der Waals surface area contributed by atoms with Crippen molar-refractivity contribution < 1.29 is 0 Å². The molecular formula is C18H29ClN2. The third kappa shape index (κ3) is 3.73. The molecule has 0 spiro atoms. The summed E-state index contributed by atoms with van der Waals surface area (Å²) in [6.07, 6.45) is 3.82. The van der Waals surface area contributed by atoms with Crippen LogP contribution >= 0.6 is 11.6 Å². The molecule has 1 saturated heterocycles. The van der Waals surface area contributed by atoms with E-state index in [1.54, 1.807) is 0 Å². The van der Waals surface area contributed by atoms with E-state index in [0.29, 0.717) is 11.5 Å². The first-order chi connectivity index (χ1) is 10.0. The number of nitrogens with zero attached hydrogens (tertiary/aromatic N) is 1. The average molecular weight is 309 g/mol. The van der Waals surface area contributed by atoms with Crippen LogP contribution in [0, 0.1) is 5.41 Å². The summed E-state index contributed by atoms with van der Waals surface area (Å²) >= 11 is 6.46. The Balaban J connectivity index is 2.22. The SMILES string of the molecule is CCC1(CC)CCN(c2cccc(Cl)c2CNC(C)C)C1. The van der Waals surface area contributed by atoms with Crippen LogP contribution in [0.4, 0.5) is 5.69 Å². The molecule has 0 atom stereocenters. The molecule has 0 saturated carbocycles. The highest BCUT2D eigenvalue weighted by atomic mass is 35.5. The van der Waals surface area contributed by atoms with E-state index in [4.69, 9.17) is 11.6 Å². The van der Waals surface area contributed by atoms with Gasteiger partial charge in [-0.05, 0) is 36.8 Å². The van der Waals surface area contributed by atoms with Gasteiger partial charge in [-0.2, -0.15) is 0 Å². The van der Waals surface area contributed by atoms with Gasteiger partial charge in [0.05, 0.1) is 0 Å². The van der Waals surface area contributed by atoms with Gasteiger partial charge in [0.25, 0.3) is 0 Å². The monoisotopic (exact) mass is 308 g/mol. The standard InChI is InChI=1S/C18H29ClN2/c1-5-18(6-2)10-11-21(13-18)17-9-7-8-16(19)15(17)12-20-14(3)4/h7-9,14,20H,5-6,10-13H2,1-4H3. The van der Waals surface area contributed by atoms with E-state index in [1.165, 1.54) is 30.5 Å². The number of anilines is 1. The van der Waals surface area contributed by atoms with Crippen LogP contribution in [0.15, 0.2) is 18.2 Å². The Morgan fingerprint density at radius 3 is 2.57 bits per heavy atom. The minimum Gasteiger partial charge on any atom is -0.371 e. The number of hydrogen-bond donors (Lipinski definition) is 1. The van der Waals surface area contributed by atoms with E-state index in [1.807, 2.05) is 6.07 Å². The molecule has 1 aliphatic heterocycles. The summed E-state index contributed by atoms with van der Waals surface area (Å²) in [7, 11) is 0. The topological polar surface area (TPSA) is 15.3 Å². The van der Waals surface area contributed by atoms with Gasteiger partial charge in [0.2, 0.25) is 0 Å². The molecule has 0 unspecified atom stereocenters. The van der Waals surface area contributed by atoms with Gasteiger partial charge < -0.3 is 10.2 Å². The van der Waals surface area contributed by atoms with E-state index >= 15 is 0 Å². The summed E-state index contributed by atoms with van der Waals surface area (Å²) in [6, 6.07) is 6.78. The smallest absolute Gasteiger partial charge is 0.0471 e. The minimum atomic E-state index is 0.470. The van der Waals surface area contributed by atoms with Gasteiger partial charge in [-0.1, -0.05) is 45.4 Å². The second-order valence-electron chi connectivity index (χ2n) is 6.65. The van der Waals surface area contributed by atoms with Crippen molar-refractivity contribution in [3.8, 4) is 0 Å². The Bertz CT molecular complexity index is 466. The van der Waals surface area contributed by atoms with Crippen LogP contribution in [0.3, 0.4) is 0 Å². The van der Waals surface area contributed by atoms with Crippen LogP contribution in [0.2, 0.25) is 5.02 Å². The lowest BCUT2D eigenvalue weighted by molar-refractivity contribution is 0.301. The second-order valence-corrected chi connectivity index (χ2v) is 7.06. The molecule has 1 heterocycles. The maximum atomic E-state index is 6.46. The third-order valence-electron chi connectivity index (χ3n) is 5.06. The van der Waals surface area contributed by atoms with Crippen LogP contribution in [0.25, 0.3) is 0 Å². The lowest BCUT2D eigenvalue weighted by Crippen LogP contribution is -2.28. The molecule has 118 valence electrons. The van der Waals surface area contributed by atoms with E-state index < -0.39 is 0 Å². The molecule has 0 aromatic heterocycles. The second kappa shape index (κ2) is 7.02.